The van der Waals surface area contributed by atoms with Crippen LogP contribution in [0.25, 0.3) is 22.3 Å². The van der Waals surface area contributed by atoms with Crippen LogP contribution in [0.15, 0.2) is 73.1 Å². The van der Waals surface area contributed by atoms with Crippen LogP contribution in [-0.2, 0) is 4.79 Å². The summed E-state index contributed by atoms with van der Waals surface area (Å²) in [5, 5.41) is 9.23. The second-order valence-corrected chi connectivity index (χ2v) is 10.8. The lowest BCUT2D eigenvalue weighted by atomic mass is 10.1. The van der Waals surface area contributed by atoms with Crippen molar-refractivity contribution in [2.75, 3.05) is 45.5 Å². The molecule has 0 radical (unpaired) electrons. The van der Waals surface area contributed by atoms with Crippen molar-refractivity contribution in [1.82, 2.24) is 34.9 Å². The van der Waals surface area contributed by atoms with E-state index >= 15 is 0 Å². The number of piperidine rings is 1. The Balaban J connectivity index is 1.14. The summed E-state index contributed by atoms with van der Waals surface area (Å²) in [6.07, 6.45) is 8.17. The van der Waals surface area contributed by atoms with Gasteiger partial charge in [-0.3, -0.25) is 4.79 Å². The molecule has 2 fully saturated rings. The molecular formula is C31H36N8O2. The maximum Gasteiger partial charge on any atom is 0.246 e. The summed E-state index contributed by atoms with van der Waals surface area (Å²) in [4.78, 5) is 26.0. The summed E-state index contributed by atoms with van der Waals surface area (Å²) in [5.41, 5.74) is 8.61. The molecular weight excluding hydrogens is 516 g/mol. The second kappa shape index (κ2) is 12.1. The van der Waals surface area contributed by atoms with Gasteiger partial charge in [-0.1, -0.05) is 24.3 Å². The van der Waals surface area contributed by atoms with Crippen LogP contribution in [0, 0.1) is 0 Å². The molecule has 1 atom stereocenters. The van der Waals surface area contributed by atoms with Gasteiger partial charge in [-0.25, -0.2) is 14.6 Å². The number of ether oxygens (including phenoxy) is 1. The molecule has 0 bridgehead atoms. The van der Waals surface area contributed by atoms with Crippen molar-refractivity contribution in [2.24, 2.45) is 0 Å². The van der Waals surface area contributed by atoms with Crippen molar-refractivity contribution in [3.05, 3.63) is 73.1 Å². The molecule has 41 heavy (non-hydrogen) atoms. The molecule has 0 unspecified atom stereocenters. The summed E-state index contributed by atoms with van der Waals surface area (Å²) >= 11 is 0. The molecule has 0 spiro atoms. The highest BCUT2D eigenvalue weighted by molar-refractivity contribution is 5.98. The van der Waals surface area contributed by atoms with Gasteiger partial charge in [-0.05, 0) is 75.8 Å². The third kappa shape index (κ3) is 6.08. The number of nitrogens with one attached hydrogen (secondary N) is 1. The van der Waals surface area contributed by atoms with Crippen LogP contribution in [0.5, 0.6) is 11.5 Å². The number of hydrogen-bond acceptors (Lipinski definition) is 8. The van der Waals surface area contributed by atoms with E-state index in [2.05, 4.69) is 27.2 Å². The predicted molar refractivity (Wildman–Crippen MR) is 160 cm³/mol. The quantitative estimate of drug-likeness (QED) is 0.317. The number of likely N-dealkylation sites (tertiary alicyclic amines) is 2. The summed E-state index contributed by atoms with van der Waals surface area (Å²) in [7, 11) is 2.16. The molecule has 2 aliphatic rings. The Kier molecular flexibility index (Phi) is 7.93. The molecule has 2 aliphatic heterocycles. The maximum atomic E-state index is 12.9. The summed E-state index contributed by atoms with van der Waals surface area (Å²) in [6, 6.07) is 17.9. The first-order chi connectivity index (χ1) is 20.0. The fraction of sp³-hybridized carbons (Fsp3) is 0.355. The zero-order chi connectivity index (χ0) is 28.2. The Morgan fingerprint density at radius 2 is 1.78 bits per heavy atom. The van der Waals surface area contributed by atoms with Crippen molar-refractivity contribution in [2.45, 2.75) is 31.3 Å². The van der Waals surface area contributed by atoms with Gasteiger partial charge in [0, 0.05) is 37.3 Å². The monoisotopic (exact) mass is 552 g/mol. The molecule has 2 aromatic carbocycles. The Bertz CT molecular complexity index is 1510. The topological polar surface area (TPSA) is 114 Å². The van der Waals surface area contributed by atoms with Crippen LogP contribution >= 0.6 is 0 Å². The van der Waals surface area contributed by atoms with Crippen LogP contribution in [-0.4, -0.2) is 81.3 Å². The van der Waals surface area contributed by atoms with Crippen LogP contribution in [0.4, 0.5) is 5.82 Å². The lowest BCUT2D eigenvalue weighted by Crippen LogP contribution is -2.40. The zero-order valence-electron chi connectivity index (χ0n) is 23.3. The SMILES string of the molecule is CN1CCC(NCC=CC(=O)N2CC[C@@H](n3nc(-c4ccc(Oc5ccccc5)cc4)c4c(N)ncnc43)C2)CC1. The Labute approximate surface area is 239 Å². The fourth-order valence-corrected chi connectivity index (χ4v) is 5.61. The van der Waals surface area contributed by atoms with Gasteiger partial charge in [0.05, 0.1) is 11.4 Å². The Hall–Kier alpha value is -4.28. The first-order valence-electron chi connectivity index (χ1n) is 14.2. The number of para-hydroxylation sites is 1. The Morgan fingerprint density at radius 1 is 1.02 bits per heavy atom. The van der Waals surface area contributed by atoms with Crippen molar-refractivity contribution in [1.29, 1.82) is 0 Å². The number of anilines is 1. The molecule has 4 heterocycles. The van der Waals surface area contributed by atoms with Gasteiger partial charge in [0.1, 0.15) is 29.3 Å². The first kappa shape index (κ1) is 26.9. The van der Waals surface area contributed by atoms with E-state index in [4.69, 9.17) is 15.6 Å². The van der Waals surface area contributed by atoms with E-state index in [0.717, 1.165) is 49.4 Å². The van der Waals surface area contributed by atoms with Gasteiger partial charge in [-0.2, -0.15) is 5.10 Å². The summed E-state index contributed by atoms with van der Waals surface area (Å²) < 4.78 is 7.86. The van der Waals surface area contributed by atoms with Gasteiger partial charge < -0.3 is 25.6 Å². The van der Waals surface area contributed by atoms with E-state index in [-0.39, 0.29) is 11.9 Å². The zero-order valence-corrected chi connectivity index (χ0v) is 23.3. The molecule has 0 saturated carbocycles. The molecule has 3 N–H and O–H groups in total. The lowest BCUT2D eigenvalue weighted by Gasteiger charge is -2.29. The van der Waals surface area contributed by atoms with Gasteiger partial charge in [0.2, 0.25) is 5.91 Å². The number of amides is 1. The number of carbonyl (C=O) groups excluding carboxylic acids is 1. The van der Waals surface area contributed by atoms with Crippen LogP contribution in [0.1, 0.15) is 25.3 Å². The number of nitrogens with two attached hydrogens (primary N) is 1. The standard InChI is InChI=1S/C31H36N8O2/c1-37-17-13-23(14-18-37)33-16-5-8-27(40)38-19-15-24(20-38)39-31-28(30(32)34-21-35-31)29(36-39)22-9-11-26(12-10-22)41-25-6-3-2-4-7-25/h2-12,21,23-24,33H,13-20H2,1H3,(H2,32,34,35)/t24-/m1/s1. The number of aromatic nitrogens is 4. The maximum absolute atomic E-state index is 12.9. The number of nitrogen functional groups attached to an aromatic ring is 1. The highest BCUT2D eigenvalue weighted by Crippen LogP contribution is 2.35. The van der Waals surface area contributed by atoms with Gasteiger partial charge >= 0.3 is 0 Å². The third-order valence-electron chi connectivity index (χ3n) is 7.95. The molecule has 4 aromatic rings. The Morgan fingerprint density at radius 3 is 2.56 bits per heavy atom. The van der Waals surface area contributed by atoms with E-state index in [9.17, 15) is 4.79 Å². The van der Waals surface area contributed by atoms with E-state index in [0.29, 0.717) is 48.2 Å². The third-order valence-corrected chi connectivity index (χ3v) is 7.95. The van der Waals surface area contributed by atoms with E-state index in [1.165, 1.54) is 6.33 Å². The van der Waals surface area contributed by atoms with Crippen LogP contribution in [0.2, 0.25) is 0 Å². The molecule has 10 heteroatoms. The number of benzene rings is 2. The molecule has 0 aliphatic carbocycles. The van der Waals surface area contributed by atoms with Crippen LogP contribution in [0.3, 0.4) is 0 Å². The molecule has 1 amide bonds. The first-order valence-corrected chi connectivity index (χ1v) is 14.2. The smallest absolute Gasteiger partial charge is 0.246 e. The number of nitrogens with zero attached hydrogens (tertiary/aromatic N) is 6. The number of fused-ring (bicyclic) bond motifs is 1. The van der Waals surface area contributed by atoms with Gasteiger partial charge in [0.15, 0.2) is 5.65 Å². The average Bonchev–Trinajstić information content (AvgIpc) is 3.64. The average molecular weight is 553 g/mol. The van der Waals surface area contributed by atoms with Gasteiger partial charge in [-0.15, -0.1) is 0 Å². The second-order valence-electron chi connectivity index (χ2n) is 10.8. The molecule has 2 aromatic heterocycles. The number of hydrogen-bond donors (Lipinski definition) is 2. The normalized spacial score (nSPS) is 18.5. The highest BCUT2D eigenvalue weighted by atomic mass is 16.5. The molecule has 2 saturated heterocycles. The minimum Gasteiger partial charge on any atom is -0.457 e. The summed E-state index contributed by atoms with van der Waals surface area (Å²) in [6.45, 7) is 4.16. The fourth-order valence-electron chi connectivity index (χ4n) is 5.61. The molecule has 10 nitrogen and oxygen atoms in total. The van der Waals surface area contributed by atoms with E-state index in [1.807, 2.05) is 70.3 Å². The highest BCUT2D eigenvalue weighted by Gasteiger charge is 2.30. The predicted octanol–water partition coefficient (Wildman–Crippen LogP) is 3.88. The number of carbonyl (C=O) groups is 1. The van der Waals surface area contributed by atoms with E-state index < -0.39 is 0 Å². The van der Waals surface area contributed by atoms with Gasteiger partial charge in [0.25, 0.3) is 0 Å². The minimum atomic E-state index is -0.00376. The van der Waals surface area contributed by atoms with Crippen molar-refractivity contribution >= 4 is 22.8 Å². The van der Waals surface area contributed by atoms with Crippen molar-refractivity contribution in [3.8, 4) is 22.8 Å². The minimum absolute atomic E-state index is 0.00376. The lowest BCUT2D eigenvalue weighted by molar-refractivity contribution is -0.125. The van der Waals surface area contributed by atoms with Crippen molar-refractivity contribution < 1.29 is 9.53 Å². The largest absolute Gasteiger partial charge is 0.457 e. The van der Waals surface area contributed by atoms with Crippen LogP contribution < -0.4 is 15.8 Å². The van der Waals surface area contributed by atoms with Crippen molar-refractivity contribution in [3.63, 3.8) is 0 Å². The number of rotatable bonds is 8. The molecule has 212 valence electrons. The van der Waals surface area contributed by atoms with E-state index in [1.54, 1.807) is 6.08 Å². The molecule has 6 rings (SSSR count). The summed E-state index contributed by atoms with van der Waals surface area (Å²) in [5.74, 6) is 1.91.